The van der Waals surface area contributed by atoms with Crippen molar-refractivity contribution in [3.8, 4) is 5.75 Å². The van der Waals surface area contributed by atoms with Gasteiger partial charge in [0.1, 0.15) is 18.5 Å². The minimum Gasteiger partial charge on any atom is -0.491 e. The number of β-amino-alcohol motifs (C(OH)–C–C–N with tert-alkyl or cyclic N) is 1. The Balaban J connectivity index is 1.87. The maximum absolute atomic E-state index is 10.3. The molecule has 3 nitrogen and oxygen atoms in total. The molecule has 0 aliphatic carbocycles. The van der Waals surface area contributed by atoms with Crippen molar-refractivity contribution in [2.45, 2.75) is 65.1 Å². The van der Waals surface area contributed by atoms with E-state index in [0.717, 1.165) is 11.3 Å². The first-order chi connectivity index (χ1) is 9.99. The number of hydrogen-bond donors (Lipinski definition) is 1. The van der Waals surface area contributed by atoms with Crippen molar-refractivity contribution < 1.29 is 9.84 Å². The first-order valence-electron chi connectivity index (χ1n) is 8.12. The largest absolute Gasteiger partial charge is 0.491 e. The Morgan fingerprint density at radius 1 is 1.24 bits per heavy atom. The van der Waals surface area contributed by atoms with Gasteiger partial charge in [0.2, 0.25) is 0 Å². The zero-order valence-electron chi connectivity index (χ0n) is 13.8. The van der Waals surface area contributed by atoms with Gasteiger partial charge in [0.15, 0.2) is 0 Å². The van der Waals surface area contributed by atoms with Gasteiger partial charge in [-0.05, 0) is 57.7 Å². The summed E-state index contributed by atoms with van der Waals surface area (Å²) >= 11 is 0. The molecule has 0 saturated carbocycles. The van der Waals surface area contributed by atoms with Crippen LogP contribution >= 0.6 is 0 Å². The van der Waals surface area contributed by atoms with Crippen LogP contribution in [0.3, 0.4) is 0 Å². The molecule has 1 aliphatic rings. The predicted molar refractivity (Wildman–Crippen MR) is 86.9 cm³/mol. The van der Waals surface area contributed by atoms with Gasteiger partial charge in [0.05, 0.1) is 0 Å². The zero-order chi connectivity index (χ0) is 15.4. The lowest BCUT2D eigenvalue weighted by Crippen LogP contribution is -2.48. The van der Waals surface area contributed by atoms with Gasteiger partial charge >= 0.3 is 0 Å². The van der Waals surface area contributed by atoms with Crippen molar-refractivity contribution in [2.75, 3.05) is 13.2 Å². The lowest BCUT2D eigenvalue weighted by Gasteiger charge is -2.40. The van der Waals surface area contributed by atoms with Crippen molar-refractivity contribution in [3.63, 3.8) is 0 Å². The van der Waals surface area contributed by atoms with E-state index in [1.165, 1.54) is 24.8 Å². The van der Waals surface area contributed by atoms with Crippen molar-refractivity contribution in [3.05, 3.63) is 29.3 Å². The lowest BCUT2D eigenvalue weighted by molar-refractivity contribution is 0.0207. The van der Waals surface area contributed by atoms with E-state index < -0.39 is 6.10 Å². The predicted octanol–water partition coefficient (Wildman–Crippen LogP) is 3.31. The standard InChI is InChI=1S/C18H29NO2/c1-13-7-5-10-18(16(13)4)21-12-17(20)11-19-14(2)8-6-9-15(19)3/h5,7,10,14-15,17,20H,6,8-9,11-12H2,1-4H3/t14-,15-,17-/m0/s1. The number of aryl methyl sites for hydroxylation is 1. The van der Waals surface area contributed by atoms with Crippen LogP contribution in [0.2, 0.25) is 0 Å². The van der Waals surface area contributed by atoms with Crippen LogP contribution in [0.5, 0.6) is 5.75 Å². The molecule has 0 radical (unpaired) electrons. The summed E-state index contributed by atoms with van der Waals surface area (Å²) in [6.45, 7) is 9.72. The van der Waals surface area contributed by atoms with Crippen LogP contribution in [-0.2, 0) is 0 Å². The quantitative estimate of drug-likeness (QED) is 0.903. The monoisotopic (exact) mass is 291 g/mol. The van der Waals surface area contributed by atoms with Gasteiger partial charge in [-0.2, -0.15) is 0 Å². The Hall–Kier alpha value is -1.06. The molecule has 118 valence electrons. The van der Waals surface area contributed by atoms with Crippen molar-refractivity contribution >= 4 is 0 Å². The van der Waals surface area contributed by atoms with Crippen LogP contribution in [0.25, 0.3) is 0 Å². The summed E-state index contributed by atoms with van der Waals surface area (Å²) in [5.74, 6) is 0.883. The molecular weight excluding hydrogens is 262 g/mol. The van der Waals surface area contributed by atoms with Crippen LogP contribution in [0.4, 0.5) is 0 Å². The smallest absolute Gasteiger partial charge is 0.122 e. The molecule has 1 aliphatic heterocycles. The average Bonchev–Trinajstić information content (AvgIpc) is 2.45. The SMILES string of the molecule is Cc1cccc(OC[C@@H](O)CN2[C@@H](C)CCC[C@@H]2C)c1C. The molecule has 3 atom stereocenters. The molecule has 0 aromatic heterocycles. The third-order valence-electron chi connectivity index (χ3n) is 4.78. The second-order valence-corrected chi connectivity index (χ2v) is 6.49. The Kier molecular flexibility index (Phi) is 5.65. The summed E-state index contributed by atoms with van der Waals surface area (Å²) in [5.41, 5.74) is 2.38. The van der Waals surface area contributed by atoms with Crippen molar-refractivity contribution in [2.24, 2.45) is 0 Å². The highest BCUT2D eigenvalue weighted by Crippen LogP contribution is 2.23. The molecule has 2 rings (SSSR count). The summed E-state index contributed by atoms with van der Waals surface area (Å²) in [6, 6.07) is 7.17. The number of nitrogens with zero attached hydrogens (tertiary/aromatic N) is 1. The van der Waals surface area contributed by atoms with E-state index >= 15 is 0 Å². The van der Waals surface area contributed by atoms with E-state index in [1.54, 1.807) is 0 Å². The van der Waals surface area contributed by atoms with E-state index in [9.17, 15) is 5.11 Å². The fourth-order valence-corrected chi connectivity index (χ4v) is 3.20. The number of benzene rings is 1. The molecule has 21 heavy (non-hydrogen) atoms. The summed E-state index contributed by atoms with van der Waals surface area (Å²) in [7, 11) is 0. The summed E-state index contributed by atoms with van der Waals surface area (Å²) in [6.07, 6.45) is 3.32. The molecule has 1 heterocycles. The van der Waals surface area contributed by atoms with E-state index in [1.807, 2.05) is 12.1 Å². The summed E-state index contributed by atoms with van der Waals surface area (Å²) in [5, 5.41) is 10.3. The van der Waals surface area contributed by atoms with Gasteiger partial charge in [-0.15, -0.1) is 0 Å². The molecule has 1 aromatic rings. The fraction of sp³-hybridized carbons (Fsp3) is 0.667. The summed E-state index contributed by atoms with van der Waals surface area (Å²) < 4.78 is 5.81. The first kappa shape index (κ1) is 16.3. The van der Waals surface area contributed by atoms with Gasteiger partial charge in [0.25, 0.3) is 0 Å². The van der Waals surface area contributed by atoms with Gasteiger partial charge < -0.3 is 9.84 Å². The number of rotatable bonds is 5. The van der Waals surface area contributed by atoms with E-state index in [-0.39, 0.29) is 0 Å². The van der Waals surface area contributed by atoms with Crippen molar-refractivity contribution in [1.29, 1.82) is 0 Å². The molecule has 0 bridgehead atoms. The zero-order valence-corrected chi connectivity index (χ0v) is 13.8. The van der Waals surface area contributed by atoms with Crippen LogP contribution in [0.15, 0.2) is 18.2 Å². The van der Waals surface area contributed by atoms with Gasteiger partial charge in [-0.25, -0.2) is 0 Å². The molecule has 3 heteroatoms. The molecule has 0 unspecified atom stereocenters. The minimum atomic E-state index is -0.437. The van der Waals surface area contributed by atoms with Crippen LogP contribution < -0.4 is 4.74 Å². The number of aliphatic hydroxyl groups excluding tert-OH is 1. The Labute approximate surface area is 128 Å². The Bertz CT molecular complexity index is 451. The van der Waals surface area contributed by atoms with Gasteiger partial charge in [0, 0.05) is 18.6 Å². The highest BCUT2D eigenvalue weighted by Gasteiger charge is 2.26. The topological polar surface area (TPSA) is 32.7 Å². The minimum absolute atomic E-state index is 0.361. The Morgan fingerprint density at radius 3 is 2.57 bits per heavy atom. The third kappa shape index (κ3) is 4.21. The molecule has 1 fully saturated rings. The number of piperidine rings is 1. The van der Waals surface area contributed by atoms with Gasteiger partial charge in [-0.3, -0.25) is 4.90 Å². The van der Waals surface area contributed by atoms with Crippen LogP contribution in [0, 0.1) is 13.8 Å². The maximum atomic E-state index is 10.3. The molecule has 0 spiro atoms. The van der Waals surface area contributed by atoms with Gasteiger partial charge in [-0.1, -0.05) is 18.6 Å². The van der Waals surface area contributed by atoms with E-state index in [4.69, 9.17) is 4.74 Å². The number of aliphatic hydroxyl groups is 1. The molecule has 1 saturated heterocycles. The molecule has 1 N–H and O–H groups in total. The number of likely N-dealkylation sites (tertiary alicyclic amines) is 1. The molecule has 0 amide bonds. The average molecular weight is 291 g/mol. The maximum Gasteiger partial charge on any atom is 0.122 e. The van der Waals surface area contributed by atoms with E-state index in [0.29, 0.717) is 25.2 Å². The number of ether oxygens (including phenoxy) is 1. The first-order valence-corrected chi connectivity index (χ1v) is 8.12. The summed E-state index contributed by atoms with van der Waals surface area (Å²) in [4.78, 5) is 2.42. The van der Waals surface area contributed by atoms with Crippen LogP contribution in [-0.4, -0.2) is 41.3 Å². The fourth-order valence-electron chi connectivity index (χ4n) is 3.20. The lowest BCUT2D eigenvalue weighted by atomic mass is 9.97. The second kappa shape index (κ2) is 7.28. The third-order valence-corrected chi connectivity index (χ3v) is 4.78. The Morgan fingerprint density at radius 2 is 1.90 bits per heavy atom. The highest BCUT2D eigenvalue weighted by atomic mass is 16.5. The molecular formula is C18H29NO2. The normalized spacial score (nSPS) is 24.8. The number of hydrogen-bond acceptors (Lipinski definition) is 3. The van der Waals surface area contributed by atoms with Crippen LogP contribution in [0.1, 0.15) is 44.2 Å². The second-order valence-electron chi connectivity index (χ2n) is 6.49. The molecule has 1 aromatic carbocycles. The van der Waals surface area contributed by atoms with Crippen molar-refractivity contribution in [1.82, 2.24) is 4.90 Å². The highest BCUT2D eigenvalue weighted by molar-refractivity contribution is 5.38. The van der Waals surface area contributed by atoms with E-state index in [2.05, 4.69) is 38.7 Å².